The number of ether oxygens (including phenoxy) is 2. The minimum atomic E-state index is -4.36. The third-order valence-electron chi connectivity index (χ3n) is 2.78. The molecule has 0 saturated carbocycles. The molecule has 0 aromatic heterocycles. The lowest BCUT2D eigenvalue weighted by Crippen LogP contribution is -2.23. The molecule has 6 heteroatoms. The second-order valence-electron chi connectivity index (χ2n) is 4.12. The molecule has 2 N–H and O–H groups in total. The summed E-state index contributed by atoms with van der Waals surface area (Å²) < 4.78 is 48.9. The van der Waals surface area contributed by atoms with E-state index in [1.807, 2.05) is 0 Å². The summed E-state index contributed by atoms with van der Waals surface area (Å²) in [6.45, 7) is 0.632. The summed E-state index contributed by atoms with van der Waals surface area (Å²) in [6, 6.07) is 5.43. The van der Waals surface area contributed by atoms with Gasteiger partial charge in [-0.3, -0.25) is 0 Å². The van der Waals surface area contributed by atoms with Gasteiger partial charge in [-0.05, 0) is 11.6 Å². The molecule has 1 aliphatic rings. The Balaban J connectivity index is 2.10. The number of halogens is 3. The molecule has 0 aliphatic carbocycles. The predicted octanol–water partition coefficient (Wildman–Crippen LogP) is 1.95. The first-order valence-electron chi connectivity index (χ1n) is 5.63. The average Bonchev–Trinajstić information content (AvgIpc) is 2.76. The van der Waals surface area contributed by atoms with Crippen LogP contribution >= 0.6 is 0 Å². The second kappa shape index (κ2) is 5.26. The van der Waals surface area contributed by atoms with Gasteiger partial charge in [-0.15, -0.1) is 0 Å². The van der Waals surface area contributed by atoms with Crippen molar-refractivity contribution < 1.29 is 22.6 Å². The maximum Gasteiger partial charge on any atom is 0.416 e. The molecule has 1 heterocycles. The number of alkyl halides is 3. The van der Waals surface area contributed by atoms with Crippen molar-refractivity contribution in [2.45, 2.75) is 25.0 Å². The monoisotopic (exact) mass is 261 g/mol. The Morgan fingerprint density at radius 3 is 2.61 bits per heavy atom. The van der Waals surface area contributed by atoms with Crippen LogP contribution in [0.2, 0.25) is 0 Å². The highest BCUT2D eigenvalue weighted by molar-refractivity contribution is 5.30. The lowest BCUT2D eigenvalue weighted by molar-refractivity contribution is -0.138. The molecule has 1 aromatic rings. The van der Waals surface area contributed by atoms with Crippen LogP contribution in [-0.4, -0.2) is 25.5 Å². The predicted molar refractivity (Wildman–Crippen MR) is 58.8 cm³/mol. The summed E-state index contributed by atoms with van der Waals surface area (Å²) in [5.74, 6) is 0. The van der Waals surface area contributed by atoms with E-state index in [4.69, 9.17) is 15.2 Å². The molecule has 2 unspecified atom stereocenters. The first-order valence-corrected chi connectivity index (χ1v) is 5.63. The standard InChI is InChI=1S/C12H14F3NO2/c13-12(14,15)10-4-2-1-3-8(10)5-11-17-7-9(6-16)18-11/h1-4,9,11H,5-7,16H2. The smallest absolute Gasteiger partial charge is 0.350 e. The van der Waals surface area contributed by atoms with Crippen LogP contribution in [0.3, 0.4) is 0 Å². The van der Waals surface area contributed by atoms with E-state index in [0.717, 1.165) is 6.07 Å². The molecule has 3 nitrogen and oxygen atoms in total. The van der Waals surface area contributed by atoms with Crippen LogP contribution in [0.15, 0.2) is 24.3 Å². The minimum Gasteiger partial charge on any atom is -0.350 e. The minimum absolute atomic E-state index is 0.0756. The third kappa shape index (κ3) is 3.01. The lowest BCUT2D eigenvalue weighted by atomic mass is 10.0. The van der Waals surface area contributed by atoms with Crippen molar-refractivity contribution in [3.05, 3.63) is 35.4 Å². The van der Waals surface area contributed by atoms with Crippen LogP contribution < -0.4 is 5.73 Å². The highest BCUT2D eigenvalue weighted by Crippen LogP contribution is 2.33. The van der Waals surface area contributed by atoms with Crippen molar-refractivity contribution in [1.82, 2.24) is 0 Å². The fourth-order valence-electron chi connectivity index (χ4n) is 1.89. The summed E-state index contributed by atoms with van der Waals surface area (Å²) in [4.78, 5) is 0. The van der Waals surface area contributed by atoms with Gasteiger partial charge < -0.3 is 15.2 Å². The molecule has 0 spiro atoms. The molecule has 1 aliphatic heterocycles. The molecule has 2 rings (SSSR count). The van der Waals surface area contributed by atoms with E-state index in [0.29, 0.717) is 13.2 Å². The zero-order chi connectivity index (χ0) is 13.2. The number of hydrogen-bond acceptors (Lipinski definition) is 3. The third-order valence-corrected chi connectivity index (χ3v) is 2.78. The van der Waals surface area contributed by atoms with Gasteiger partial charge in [0, 0.05) is 13.0 Å². The molecule has 100 valence electrons. The molecular weight excluding hydrogens is 247 g/mol. The van der Waals surface area contributed by atoms with E-state index in [2.05, 4.69) is 0 Å². The second-order valence-corrected chi connectivity index (χ2v) is 4.12. The quantitative estimate of drug-likeness (QED) is 0.904. The van der Waals surface area contributed by atoms with Crippen molar-refractivity contribution in [3.8, 4) is 0 Å². The molecule has 1 saturated heterocycles. The molecule has 1 fully saturated rings. The van der Waals surface area contributed by atoms with E-state index >= 15 is 0 Å². The molecule has 2 atom stereocenters. The number of benzene rings is 1. The van der Waals surface area contributed by atoms with Gasteiger partial charge >= 0.3 is 6.18 Å². The van der Waals surface area contributed by atoms with E-state index in [1.54, 1.807) is 6.07 Å². The Morgan fingerprint density at radius 1 is 1.28 bits per heavy atom. The van der Waals surface area contributed by atoms with Crippen LogP contribution in [0.25, 0.3) is 0 Å². The van der Waals surface area contributed by atoms with E-state index < -0.39 is 18.0 Å². The average molecular weight is 261 g/mol. The first-order chi connectivity index (χ1) is 8.50. The van der Waals surface area contributed by atoms with Gasteiger partial charge in [-0.1, -0.05) is 18.2 Å². The van der Waals surface area contributed by atoms with Crippen LogP contribution in [0.5, 0.6) is 0 Å². The van der Waals surface area contributed by atoms with Crippen molar-refractivity contribution in [3.63, 3.8) is 0 Å². The summed E-state index contributed by atoms with van der Waals surface area (Å²) in [5.41, 5.74) is 4.93. The van der Waals surface area contributed by atoms with Gasteiger partial charge in [0.2, 0.25) is 0 Å². The summed E-state index contributed by atoms with van der Waals surface area (Å²) >= 11 is 0. The Labute approximate surface area is 103 Å². The fraction of sp³-hybridized carbons (Fsp3) is 0.500. The van der Waals surface area contributed by atoms with Gasteiger partial charge in [0.1, 0.15) is 0 Å². The van der Waals surface area contributed by atoms with E-state index in [1.165, 1.54) is 12.1 Å². The van der Waals surface area contributed by atoms with Crippen LogP contribution in [0, 0.1) is 0 Å². The van der Waals surface area contributed by atoms with Crippen LogP contribution in [0.4, 0.5) is 13.2 Å². The van der Waals surface area contributed by atoms with Gasteiger partial charge in [0.15, 0.2) is 6.29 Å². The summed E-state index contributed by atoms with van der Waals surface area (Å²) in [7, 11) is 0. The van der Waals surface area contributed by atoms with E-state index in [9.17, 15) is 13.2 Å². The zero-order valence-corrected chi connectivity index (χ0v) is 9.61. The van der Waals surface area contributed by atoms with Crippen LogP contribution in [0.1, 0.15) is 11.1 Å². The number of hydrogen-bond donors (Lipinski definition) is 1. The normalized spacial score (nSPS) is 24.4. The topological polar surface area (TPSA) is 44.5 Å². The maximum atomic E-state index is 12.8. The van der Waals surface area contributed by atoms with Gasteiger partial charge in [-0.25, -0.2) is 0 Å². The first kappa shape index (κ1) is 13.3. The van der Waals surface area contributed by atoms with Gasteiger partial charge in [0.05, 0.1) is 18.3 Å². The van der Waals surface area contributed by atoms with E-state index in [-0.39, 0.29) is 18.1 Å². The van der Waals surface area contributed by atoms with Crippen molar-refractivity contribution >= 4 is 0 Å². The zero-order valence-electron chi connectivity index (χ0n) is 9.61. The van der Waals surface area contributed by atoms with Crippen LogP contribution in [-0.2, 0) is 22.1 Å². The molecule has 18 heavy (non-hydrogen) atoms. The van der Waals surface area contributed by atoms with Gasteiger partial charge in [0.25, 0.3) is 0 Å². The molecule has 0 amide bonds. The number of rotatable bonds is 3. The maximum absolute atomic E-state index is 12.8. The van der Waals surface area contributed by atoms with Gasteiger partial charge in [-0.2, -0.15) is 13.2 Å². The Kier molecular flexibility index (Phi) is 3.89. The Hall–Kier alpha value is -1.11. The van der Waals surface area contributed by atoms with Crippen molar-refractivity contribution in [1.29, 1.82) is 0 Å². The molecular formula is C12H14F3NO2. The largest absolute Gasteiger partial charge is 0.416 e. The summed E-state index contributed by atoms with van der Waals surface area (Å²) in [5, 5.41) is 0. The highest BCUT2D eigenvalue weighted by atomic mass is 19.4. The highest BCUT2D eigenvalue weighted by Gasteiger charge is 2.34. The lowest BCUT2D eigenvalue weighted by Gasteiger charge is -2.15. The molecule has 0 bridgehead atoms. The van der Waals surface area contributed by atoms with Crippen molar-refractivity contribution in [2.75, 3.05) is 13.2 Å². The molecule has 0 radical (unpaired) electrons. The molecule has 1 aromatic carbocycles. The Morgan fingerprint density at radius 2 is 2.00 bits per heavy atom. The Bertz CT molecular complexity index is 409. The SMILES string of the molecule is NCC1COC(Cc2ccccc2C(F)(F)F)O1. The summed E-state index contributed by atoms with van der Waals surface area (Å²) in [6.07, 6.45) is -5.16. The fourth-order valence-corrected chi connectivity index (χ4v) is 1.89. The van der Waals surface area contributed by atoms with Crippen molar-refractivity contribution in [2.24, 2.45) is 5.73 Å². The number of nitrogens with two attached hydrogens (primary N) is 1.